The van der Waals surface area contributed by atoms with Crippen molar-refractivity contribution in [1.82, 2.24) is 20.1 Å². The van der Waals surface area contributed by atoms with Crippen LogP contribution in [0.25, 0.3) is 0 Å². The summed E-state index contributed by atoms with van der Waals surface area (Å²) in [4.78, 5) is 4.26. The first-order chi connectivity index (χ1) is 7.72. The van der Waals surface area contributed by atoms with Crippen molar-refractivity contribution in [1.29, 1.82) is 0 Å². The molecule has 3 unspecified atom stereocenters. The van der Waals surface area contributed by atoms with Crippen molar-refractivity contribution in [3.8, 4) is 0 Å². The molecular weight excluding hydrogens is 204 g/mol. The van der Waals surface area contributed by atoms with E-state index in [9.17, 15) is 0 Å². The lowest BCUT2D eigenvalue weighted by Gasteiger charge is -2.25. The van der Waals surface area contributed by atoms with Crippen molar-refractivity contribution < 1.29 is 4.74 Å². The number of aromatic nitrogens is 3. The molecule has 16 heavy (non-hydrogen) atoms. The highest BCUT2D eigenvalue weighted by atomic mass is 16.5. The molecule has 1 aromatic rings. The number of hydrogen-bond acceptors (Lipinski definition) is 4. The molecule has 0 aliphatic carbocycles. The molecule has 0 aromatic carbocycles. The van der Waals surface area contributed by atoms with Crippen LogP contribution in [0.1, 0.15) is 19.2 Å². The molecule has 2 rings (SSSR count). The summed E-state index contributed by atoms with van der Waals surface area (Å²) in [5.41, 5.74) is 0. The van der Waals surface area contributed by atoms with Crippen LogP contribution in [0.3, 0.4) is 0 Å². The van der Waals surface area contributed by atoms with Crippen LogP contribution in [-0.4, -0.2) is 40.6 Å². The molecule has 0 radical (unpaired) electrons. The van der Waals surface area contributed by atoms with Crippen molar-refractivity contribution in [2.24, 2.45) is 13.0 Å². The largest absolute Gasteiger partial charge is 0.376 e. The molecule has 1 fully saturated rings. The van der Waals surface area contributed by atoms with Crippen LogP contribution in [0.2, 0.25) is 0 Å². The molecular formula is C11H20N4O. The maximum absolute atomic E-state index is 5.79. The number of hydrogen-bond donors (Lipinski definition) is 1. The number of nitrogens with one attached hydrogen (secondary N) is 1. The van der Waals surface area contributed by atoms with Gasteiger partial charge in [0.2, 0.25) is 0 Å². The second-order valence-corrected chi connectivity index (χ2v) is 4.50. The molecule has 1 aliphatic heterocycles. The number of ether oxygens (including phenoxy) is 1. The van der Waals surface area contributed by atoms with E-state index in [4.69, 9.17) is 4.74 Å². The molecule has 1 aliphatic rings. The first-order valence-electron chi connectivity index (χ1n) is 5.84. The lowest BCUT2D eigenvalue weighted by atomic mass is 9.95. The van der Waals surface area contributed by atoms with Crippen molar-refractivity contribution in [3.05, 3.63) is 12.2 Å². The van der Waals surface area contributed by atoms with Gasteiger partial charge in [-0.1, -0.05) is 6.92 Å². The van der Waals surface area contributed by atoms with Crippen LogP contribution in [0, 0.1) is 5.92 Å². The summed E-state index contributed by atoms with van der Waals surface area (Å²) in [6.07, 6.45) is 3.91. The monoisotopic (exact) mass is 224 g/mol. The van der Waals surface area contributed by atoms with Crippen LogP contribution >= 0.6 is 0 Å². The minimum absolute atomic E-state index is 0.293. The Morgan fingerprint density at radius 3 is 3.00 bits per heavy atom. The van der Waals surface area contributed by atoms with Crippen LogP contribution in [0.4, 0.5) is 0 Å². The number of aryl methyl sites for hydroxylation is 1. The zero-order chi connectivity index (χ0) is 11.5. The van der Waals surface area contributed by atoms with Gasteiger partial charge in [0.15, 0.2) is 0 Å². The molecule has 0 spiro atoms. The fourth-order valence-corrected chi connectivity index (χ4v) is 2.32. The molecule has 1 saturated heterocycles. The minimum atomic E-state index is 0.293. The number of nitrogens with zero attached hydrogens (tertiary/aromatic N) is 3. The summed E-state index contributed by atoms with van der Waals surface area (Å²) in [5.74, 6) is 1.62. The van der Waals surface area contributed by atoms with Gasteiger partial charge in [-0.15, -0.1) is 0 Å². The second-order valence-electron chi connectivity index (χ2n) is 4.50. The number of likely N-dealkylation sites (N-methyl/N-ethyl adjacent to an activating group) is 1. The highest BCUT2D eigenvalue weighted by Crippen LogP contribution is 2.24. The zero-order valence-electron chi connectivity index (χ0n) is 10.2. The van der Waals surface area contributed by atoms with Crippen LogP contribution in [0.5, 0.6) is 0 Å². The smallest absolute Gasteiger partial charge is 0.138 e. The average molecular weight is 224 g/mol. The van der Waals surface area contributed by atoms with E-state index in [1.807, 2.05) is 18.8 Å². The lowest BCUT2D eigenvalue weighted by molar-refractivity contribution is 0.0625. The summed E-state index contributed by atoms with van der Waals surface area (Å²) in [5, 5.41) is 7.42. The predicted molar refractivity (Wildman–Crippen MR) is 61.1 cm³/mol. The van der Waals surface area contributed by atoms with Gasteiger partial charge in [0.1, 0.15) is 12.2 Å². The van der Waals surface area contributed by atoms with Crippen molar-refractivity contribution in [2.75, 3.05) is 13.7 Å². The molecule has 90 valence electrons. The molecule has 0 amide bonds. The third-order valence-electron chi connectivity index (χ3n) is 3.42. The molecule has 3 atom stereocenters. The topological polar surface area (TPSA) is 52.0 Å². The summed E-state index contributed by atoms with van der Waals surface area (Å²) >= 11 is 0. The van der Waals surface area contributed by atoms with Crippen molar-refractivity contribution in [3.63, 3.8) is 0 Å². The lowest BCUT2D eigenvalue weighted by Crippen LogP contribution is -2.42. The van der Waals surface area contributed by atoms with E-state index in [2.05, 4.69) is 22.3 Å². The van der Waals surface area contributed by atoms with Gasteiger partial charge in [0.25, 0.3) is 0 Å². The molecule has 5 heteroatoms. The third kappa shape index (κ3) is 2.25. The van der Waals surface area contributed by atoms with Gasteiger partial charge in [-0.3, -0.25) is 4.68 Å². The Hall–Kier alpha value is -0.940. The van der Waals surface area contributed by atoms with E-state index in [0.29, 0.717) is 18.1 Å². The third-order valence-corrected chi connectivity index (χ3v) is 3.42. The Morgan fingerprint density at radius 1 is 1.69 bits per heavy atom. The van der Waals surface area contributed by atoms with E-state index in [1.54, 1.807) is 6.33 Å². The average Bonchev–Trinajstić information content (AvgIpc) is 2.85. The Balaban J connectivity index is 2.03. The maximum Gasteiger partial charge on any atom is 0.138 e. The number of rotatable bonds is 4. The van der Waals surface area contributed by atoms with Gasteiger partial charge in [-0.25, -0.2) is 4.98 Å². The molecule has 1 N–H and O–H groups in total. The van der Waals surface area contributed by atoms with Gasteiger partial charge in [0, 0.05) is 26.1 Å². The zero-order valence-corrected chi connectivity index (χ0v) is 10.2. The van der Waals surface area contributed by atoms with Crippen molar-refractivity contribution >= 4 is 0 Å². The molecule has 2 heterocycles. The highest BCUT2D eigenvalue weighted by molar-refractivity contribution is 4.94. The minimum Gasteiger partial charge on any atom is -0.376 e. The SMILES string of the molecule is CNC(Cc1ncnn1C)C1OCCC1C. The van der Waals surface area contributed by atoms with E-state index in [-0.39, 0.29) is 0 Å². The van der Waals surface area contributed by atoms with Gasteiger partial charge in [0.05, 0.1) is 6.10 Å². The Labute approximate surface area is 96.2 Å². The van der Waals surface area contributed by atoms with Gasteiger partial charge in [-0.2, -0.15) is 5.10 Å². The summed E-state index contributed by atoms with van der Waals surface area (Å²) < 4.78 is 7.61. The van der Waals surface area contributed by atoms with Crippen LogP contribution in [-0.2, 0) is 18.2 Å². The summed E-state index contributed by atoms with van der Waals surface area (Å²) in [7, 11) is 3.91. The summed E-state index contributed by atoms with van der Waals surface area (Å²) in [6.45, 7) is 3.13. The molecule has 0 saturated carbocycles. The molecule has 0 bridgehead atoms. The van der Waals surface area contributed by atoms with E-state index >= 15 is 0 Å². The normalized spacial score (nSPS) is 27.2. The summed E-state index contributed by atoms with van der Waals surface area (Å²) in [6, 6.07) is 0.320. The van der Waals surface area contributed by atoms with Gasteiger partial charge in [-0.05, 0) is 19.4 Å². The van der Waals surface area contributed by atoms with E-state index < -0.39 is 0 Å². The van der Waals surface area contributed by atoms with E-state index in [1.165, 1.54) is 0 Å². The van der Waals surface area contributed by atoms with Gasteiger partial charge < -0.3 is 10.1 Å². The van der Waals surface area contributed by atoms with Crippen molar-refractivity contribution in [2.45, 2.75) is 31.9 Å². The first kappa shape index (κ1) is 11.5. The second kappa shape index (κ2) is 4.93. The fourth-order valence-electron chi connectivity index (χ4n) is 2.32. The Morgan fingerprint density at radius 2 is 2.50 bits per heavy atom. The van der Waals surface area contributed by atoms with Crippen LogP contribution in [0.15, 0.2) is 6.33 Å². The quantitative estimate of drug-likeness (QED) is 0.803. The Kier molecular flexibility index (Phi) is 3.56. The molecule has 5 nitrogen and oxygen atoms in total. The van der Waals surface area contributed by atoms with Gasteiger partial charge >= 0.3 is 0 Å². The highest BCUT2D eigenvalue weighted by Gasteiger charge is 2.31. The molecule has 1 aromatic heterocycles. The predicted octanol–water partition coefficient (Wildman–Crippen LogP) is 0.371. The maximum atomic E-state index is 5.79. The first-order valence-corrected chi connectivity index (χ1v) is 5.84. The fraction of sp³-hybridized carbons (Fsp3) is 0.818. The van der Waals surface area contributed by atoms with Crippen LogP contribution < -0.4 is 5.32 Å². The standard InChI is InChI=1S/C11H20N4O/c1-8-4-5-16-11(8)9(12-2)6-10-13-7-14-15(10)3/h7-9,11-12H,4-6H2,1-3H3. The van der Waals surface area contributed by atoms with E-state index in [0.717, 1.165) is 25.3 Å². The Bertz CT molecular complexity index is 338.